The van der Waals surface area contributed by atoms with Crippen molar-refractivity contribution in [2.45, 2.75) is 20.4 Å². The van der Waals surface area contributed by atoms with Crippen LogP contribution in [0.5, 0.6) is 17.2 Å². The molecule has 0 bridgehead atoms. The first kappa shape index (κ1) is 20.9. The summed E-state index contributed by atoms with van der Waals surface area (Å²) in [5.74, 6) is 1.89. The average Bonchev–Trinajstić information content (AvgIpc) is 3.09. The van der Waals surface area contributed by atoms with Gasteiger partial charge in [-0.05, 0) is 42.3 Å². The van der Waals surface area contributed by atoms with Gasteiger partial charge >= 0.3 is 0 Å². The molecular formula is C22H25FN2O3S. The Morgan fingerprint density at radius 3 is 2.14 bits per heavy atom. The van der Waals surface area contributed by atoms with Crippen molar-refractivity contribution in [1.82, 2.24) is 4.57 Å². The van der Waals surface area contributed by atoms with Gasteiger partial charge < -0.3 is 18.8 Å². The lowest BCUT2D eigenvalue weighted by Gasteiger charge is -2.16. The number of methoxy groups -OCH3 is 3. The van der Waals surface area contributed by atoms with Crippen LogP contribution in [0.3, 0.4) is 0 Å². The minimum atomic E-state index is -0.275. The van der Waals surface area contributed by atoms with Crippen molar-refractivity contribution in [3.05, 3.63) is 52.4 Å². The fourth-order valence-corrected chi connectivity index (χ4v) is 3.98. The van der Waals surface area contributed by atoms with Crippen molar-refractivity contribution in [1.29, 1.82) is 0 Å². The van der Waals surface area contributed by atoms with Crippen molar-refractivity contribution >= 4 is 17.0 Å². The molecule has 0 amide bonds. The molecule has 5 nitrogen and oxygen atoms in total. The fourth-order valence-electron chi connectivity index (χ4n) is 3.05. The molecule has 0 aliphatic rings. The van der Waals surface area contributed by atoms with E-state index in [1.807, 2.05) is 12.1 Å². The van der Waals surface area contributed by atoms with Gasteiger partial charge in [0.2, 0.25) is 5.75 Å². The number of rotatable bonds is 7. The van der Waals surface area contributed by atoms with Gasteiger partial charge in [0.15, 0.2) is 16.3 Å². The third-order valence-electron chi connectivity index (χ3n) is 4.36. The summed E-state index contributed by atoms with van der Waals surface area (Å²) in [7, 11) is 4.79. The Balaban J connectivity index is 2.18. The SMILES string of the molecule is COc1cc(-c2csc(=Nc3ccc(F)cc3)n2CC(C)C)cc(OC)c1OC. The van der Waals surface area contributed by atoms with E-state index in [2.05, 4.69) is 23.8 Å². The lowest BCUT2D eigenvalue weighted by atomic mass is 10.1. The van der Waals surface area contributed by atoms with Crippen molar-refractivity contribution in [2.75, 3.05) is 21.3 Å². The topological polar surface area (TPSA) is 45.0 Å². The molecule has 154 valence electrons. The third kappa shape index (κ3) is 4.62. The van der Waals surface area contributed by atoms with Gasteiger partial charge in [-0.3, -0.25) is 0 Å². The van der Waals surface area contributed by atoms with Crippen LogP contribution >= 0.6 is 11.3 Å². The van der Waals surface area contributed by atoms with E-state index < -0.39 is 0 Å². The molecule has 1 heterocycles. The second kappa shape index (κ2) is 9.13. The summed E-state index contributed by atoms with van der Waals surface area (Å²) >= 11 is 1.54. The number of hydrogen-bond acceptors (Lipinski definition) is 5. The number of halogens is 1. The van der Waals surface area contributed by atoms with E-state index in [9.17, 15) is 4.39 Å². The highest BCUT2D eigenvalue weighted by Crippen LogP contribution is 2.41. The van der Waals surface area contributed by atoms with Crippen LogP contribution in [-0.4, -0.2) is 25.9 Å². The highest BCUT2D eigenvalue weighted by Gasteiger charge is 2.17. The molecule has 3 rings (SSSR count). The van der Waals surface area contributed by atoms with E-state index in [0.29, 0.717) is 28.9 Å². The van der Waals surface area contributed by atoms with Gasteiger partial charge in [-0.1, -0.05) is 13.8 Å². The van der Waals surface area contributed by atoms with Crippen LogP contribution in [0.2, 0.25) is 0 Å². The van der Waals surface area contributed by atoms with E-state index in [1.54, 1.807) is 33.5 Å². The maximum atomic E-state index is 13.2. The summed E-state index contributed by atoms with van der Waals surface area (Å²) in [4.78, 5) is 5.57. The summed E-state index contributed by atoms with van der Waals surface area (Å²) in [6, 6.07) is 10.0. The summed E-state index contributed by atoms with van der Waals surface area (Å²) in [5, 5.41) is 2.06. The lowest BCUT2D eigenvalue weighted by molar-refractivity contribution is 0.324. The van der Waals surface area contributed by atoms with Crippen LogP contribution in [0.15, 0.2) is 46.8 Å². The van der Waals surface area contributed by atoms with E-state index in [0.717, 1.165) is 22.6 Å². The minimum Gasteiger partial charge on any atom is -0.493 e. The van der Waals surface area contributed by atoms with Gasteiger partial charge in [0.1, 0.15) is 5.82 Å². The first-order valence-electron chi connectivity index (χ1n) is 9.25. The zero-order valence-corrected chi connectivity index (χ0v) is 18.0. The Morgan fingerprint density at radius 1 is 1.00 bits per heavy atom. The first-order chi connectivity index (χ1) is 14.0. The van der Waals surface area contributed by atoms with Crippen LogP contribution in [-0.2, 0) is 6.54 Å². The molecule has 3 aromatic rings. The largest absolute Gasteiger partial charge is 0.493 e. The quantitative estimate of drug-likeness (QED) is 0.527. The summed E-state index contributed by atoms with van der Waals surface area (Å²) < 4.78 is 31.8. The van der Waals surface area contributed by atoms with Gasteiger partial charge in [-0.15, -0.1) is 11.3 Å². The molecule has 29 heavy (non-hydrogen) atoms. The molecule has 0 fully saturated rings. The highest BCUT2D eigenvalue weighted by molar-refractivity contribution is 7.07. The normalized spacial score (nSPS) is 11.8. The molecule has 0 atom stereocenters. The van der Waals surface area contributed by atoms with Crippen LogP contribution in [0.4, 0.5) is 10.1 Å². The van der Waals surface area contributed by atoms with Gasteiger partial charge in [-0.2, -0.15) is 0 Å². The standard InChI is InChI=1S/C22H25FN2O3S/c1-14(2)12-25-18(13-29-22(25)24-17-8-6-16(23)7-9-17)15-10-19(26-3)21(28-5)20(11-15)27-4/h6-11,13-14H,12H2,1-5H3. The fraction of sp³-hybridized carbons (Fsp3) is 0.318. The van der Waals surface area contributed by atoms with Crippen molar-refractivity contribution in [3.63, 3.8) is 0 Å². The molecule has 0 unspecified atom stereocenters. The molecule has 7 heteroatoms. The van der Waals surface area contributed by atoms with Gasteiger partial charge in [-0.25, -0.2) is 9.38 Å². The zero-order valence-electron chi connectivity index (χ0n) is 17.2. The zero-order chi connectivity index (χ0) is 21.0. The van der Waals surface area contributed by atoms with E-state index in [4.69, 9.17) is 19.2 Å². The summed E-state index contributed by atoms with van der Waals surface area (Å²) in [5.41, 5.74) is 2.66. The number of nitrogens with zero attached hydrogens (tertiary/aromatic N) is 2. The lowest BCUT2D eigenvalue weighted by Crippen LogP contribution is -2.19. The second-order valence-electron chi connectivity index (χ2n) is 6.91. The van der Waals surface area contributed by atoms with Gasteiger partial charge in [0, 0.05) is 17.5 Å². The molecule has 0 aliphatic carbocycles. The minimum absolute atomic E-state index is 0.275. The molecular weight excluding hydrogens is 391 g/mol. The van der Waals surface area contributed by atoms with Crippen molar-refractivity contribution < 1.29 is 18.6 Å². The second-order valence-corrected chi connectivity index (χ2v) is 7.75. The first-order valence-corrected chi connectivity index (χ1v) is 10.1. The van der Waals surface area contributed by atoms with Crippen molar-refractivity contribution in [2.24, 2.45) is 10.9 Å². The van der Waals surface area contributed by atoms with E-state index in [-0.39, 0.29) is 5.82 Å². The van der Waals surface area contributed by atoms with Gasteiger partial charge in [0.25, 0.3) is 0 Å². The molecule has 0 saturated heterocycles. The maximum absolute atomic E-state index is 13.2. The maximum Gasteiger partial charge on any atom is 0.203 e. The van der Waals surface area contributed by atoms with Crippen LogP contribution in [0.25, 0.3) is 11.3 Å². The number of ether oxygens (including phenoxy) is 3. The smallest absolute Gasteiger partial charge is 0.203 e. The Morgan fingerprint density at radius 2 is 1.62 bits per heavy atom. The predicted molar refractivity (Wildman–Crippen MR) is 114 cm³/mol. The number of hydrogen-bond donors (Lipinski definition) is 0. The Kier molecular flexibility index (Phi) is 6.59. The Labute approximate surface area is 174 Å². The summed E-state index contributed by atoms with van der Waals surface area (Å²) in [6.45, 7) is 5.10. The van der Waals surface area contributed by atoms with Crippen LogP contribution in [0.1, 0.15) is 13.8 Å². The molecule has 0 spiro atoms. The highest BCUT2D eigenvalue weighted by atomic mass is 32.1. The molecule has 1 aromatic heterocycles. The van der Waals surface area contributed by atoms with E-state index in [1.165, 1.54) is 23.5 Å². The average molecular weight is 417 g/mol. The molecule has 0 aliphatic heterocycles. The van der Waals surface area contributed by atoms with Crippen molar-refractivity contribution in [3.8, 4) is 28.5 Å². The molecule has 0 radical (unpaired) electrons. The van der Waals surface area contributed by atoms with E-state index >= 15 is 0 Å². The molecule has 2 aromatic carbocycles. The Bertz CT molecular complexity index is 1010. The number of aromatic nitrogens is 1. The predicted octanol–water partition coefficient (Wildman–Crippen LogP) is 5.27. The van der Waals surface area contributed by atoms with Gasteiger partial charge in [0.05, 0.1) is 32.7 Å². The summed E-state index contributed by atoms with van der Waals surface area (Å²) in [6.07, 6.45) is 0. The monoisotopic (exact) mass is 416 g/mol. The Hall–Kier alpha value is -2.80. The molecule has 0 N–H and O–H groups in total. The number of benzene rings is 2. The van der Waals surface area contributed by atoms with Crippen LogP contribution < -0.4 is 19.0 Å². The third-order valence-corrected chi connectivity index (χ3v) is 5.22. The molecule has 0 saturated carbocycles. The number of thiazole rings is 1. The van der Waals surface area contributed by atoms with Crippen LogP contribution in [0, 0.1) is 11.7 Å².